The Balaban J connectivity index is 1.47. The molecule has 2 aromatic rings. The monoisotopic (exact) mass is 614 g/mol. The summed E-state index contributed by atoms with van der Waals surface area (Å²) in [4.78, 5) is 37.8. The van der Waals surface area contributed by atoms with Crippen molar-refractivity contribution in [3.8, 4) is 0 Å². The summed E-state index contributed by atoms with van der Waals surface area (Å²) in [5.41, 5.74) is -1.30. The van der Waals surface area contributed by atoms with Crippen molar-refractivity contribution in [3.05, 3.63) is 83.4 Å². The minimum absolute atomic E-state index is 0.0278. The molecule has 42 heavy (non-hydrogen) atoms. The second-order valence-corrected chi connectivity index (χ2v) is 13.2. The number of alkyl halides is 1. The van der Waals surface area contributed by atoms with Crippen molar-refractivity contribution in [3.63, 3.8) is 0 Å². The van der Waals surface area contributed by atoms with Crippen LogP contribution < -0.4 is 0 Å². The maximum Gasteiger partial charge on any atom is 0.379 e. The maximum absolute atomic E-state index is 13.6. The third-order valence-electron chi connectivity index (χ3n) is 10.5. The van der Waals surface area contributed by atoms with Gasteiger partial charge in [-0.2, -0.15) is 0 Å². The van der Waals surface area contributed by atoms with Gasteiger partial charge in [0, 0.05) is 22.3 Å². The molecule has 222 valence electrons. The van der Waals surface area contributed by atoms with E-state index < -0.39 is 45.3 Å². The molecule has 8 atom stereocenters. The summed E-state index contributed by atoms with van der Waals surface area (Å²) in [6.45, 7) is 5.83. The number of aliphatic hydroxyl groups is 1. The average Bonchev–Trinajstić information content (AvgIpc) is 3.72. The Labute approximate surface area is 253 Å². The molecular weight excluding hydrogens is 583 g/mol. The third-order valence-corrected chi connectivity index (χ3v) is 11.7. The highest BCUT2D eigenvalue weighted by Gasteiger charge is 2.76. The van der Waals surface area contributed by atoms with Crippen LogP contribution in [0, 0.1) is 28.6 Å². The summed E-state index contributed by atoms with van der Waals surface area (Å²) < 4.78 is 22.8. The fourth-order valence-electron chi connectivity index (χ4n) is 8.64. The van der Waals surface area contributed by atoms with Gasteiger partial charge in [0.25, 0.3) is 0 Å². The topological polar surface area (TPSA) is 116 Å². The Bertz CT molecular complexity index is 1510. The van der Waals surface area contributed by atoms with Gasteiger partial charge in [0.2, 0.25) is 11.5 Å². The fraction of sp³-hybridized carbons (Fsp3) is 0.469. The van der Waals surface area contributed by atoms with Crippen LogP contribution in [0.15, 0.2) is 80.7 Å². The Morgan fingerprint density at radius 1 is 1.10 bits per heavy atom. The molecule has 2 heterocycles. The number of hydrogen-bond acceptors (Lipinski definition) is 8. The summed E-state index contributed by atoms with van der Waals surface area (Å²) >= 11 is 14.0. The number of hydrogen-bond donors (Lipinski definition) is 1. The molecule has 8 unspecified atom stereocenters. The van der Waals surface area contributed by atoms with Crippen LogP contribution in [0.3, 0.4) is 0 Å². The van der Waals surface area contributed by atoms with Gasteiger partial charge in [0.15, 0.2) is 17.1 Å². The van der Waals surface area contributed by atoms with Crippen LogP contribution in [0.5, 0.6) is 0 Å². The summed E-state index contributed by atoms with van der Waals surface area (Å²) in [6.07, 6.45) is 8.50. The number of furan rings is 2. The molecule has 4 aliphatic rings. The van der Waals surface area contributed by atoms with Gasteiger partial charge in [-0.05, 0) is 73.9 Å². The van der Waals surface area contributed by atoms with Crippen LogP contribution in [0.1, 0.15) is 67.6 Å². The summed E-state index contributed by atoms with van der Waals surface area (Å²) in [7, 11) is 0. The predicted octanol–water partition coefficient (Wildman–Crippen LogP) is 6.59. The Morgan fingerprint density at radius 3 is 2.38 bits per heavy atom. The van der Waals surface area contributed by atoms with Crippen LogP contribution in [-0.2, 0) is 14.3 Å². The van der Waals surface area contributed by atoms with Crippen molar-refractivity contribution in [1.82, 2.24) is 0 Å². The van der Waals surface area contributed by atoms with Crippen LogP contribution in [-0.4, -0.2) is 39.4 Å². The second kappa shape index (κ2) is 10.00. The van der Waals surface area contributed by atoms with Crippen molar-refractivity contribution >= 4 is 40.9 Å². The van der Waals surface area contributed by atoms with Gasteiger partial charge < -0.3 is 23.4 Å². The van der Waals surface area contributed by atoms with E-state index in [0.29, 0.717) is 19.3 Å². The van der Waals surface area contributed by atoms with Crippen molar-refractivity contribution in [2.75, 3.05) is 0 Å². The zero-order chi connectivity index (χ0) is 30.1. The van der Waals surface area contributed by atoms with E-state index in [9.17, 15) is 19.5 Å². The number of fused-ring (bicyclic) bond motifs is 5. The normalized spacial score (nSPS) is 39.1. The van der Waals surface area contributed by atoms with Crippen molar-refractivity contribution in [2.45, 2.75) is 63.0 Å². The number of ether oxygens (including phenoxy) is 2. The van der Waals surface area contributed by atoms with Crippen LogP contribution >= 0.6 is 23.2 Å². The van der Waals surface area contributed by atoms with E-state index in [-0.39, 0.29) is 41.3 Å². The SMILES string of the molecule is CC1CC2C3CCC4=CC(=O)C=CC4(C)C3(Cl)C(O)CC2(C)C1(OC(=O)c1ccco1)/C(=C/Cl)OC(=O)c1ccco1. The Kier molecular flexibility index (Phi) is 6.91. The highest BCUT2D eigenvalue weighted by molar-refractivity contribution is 6.26. The first-order chi connectivity index (χ1) is 19.9. The molecule has 4 aliphatic carbocycles. The largest absolute Gasteiger partial charge is 0.457 e. The van der Waals surface area contributed by atoms with E-state index in [1.54, 1.807) is 18.2 Å². The van der Waals surface area contributed by atoms with Crippen molar-refractivity contribution < 1.29 is 37.8 Å². The number of aliphatic hydroxyl groups excluding tert-OH is 1. The lowest BCUT2D eigenvalue weighted by atomic mass is 9.45. The molecular formula is C32H32Cl2O8. The first-order valence-corrected chi connectivity index (χ1v) is 14.9. The zero-order valence-corrected chi connectivity index (χ0v) is 25.0. The summed E-state index contributed by atoms with van der Waals surface area (Å²) in [5.74, 6) is -2.64. The van der Waals surface area contributed by atoms with Crippen LogP contribution in [0.2, 0.25) is 0 Å². The van der Waals surface area contributed by atoms with Gasteiger partial charge in [0.05, 0.1) is 23.5 Å². The molecule has 3 fully saturated rings. The van der Waals surface area contributed by atoms with Gasteiger partial charge in [-0.15, -0.1) is 11.6 Å². The van der Waals surface area contributed by atoms with Crippen LogP contribution in [0.4, 0.5) is 0 Å². The predicted molar refractivity (Wildman–Crippen MR) is 153 cm³/mol. The molecule has 0 spiro atoms. The van der Waals surface area contributed by atoms with Crippen molar-refractivity contribution in [2.24, 2.45) is 28.6 Å². The van der Waals surface area contributed by atoms with E-state index in [1.807, 2.05) is 26.8 Å². The van der Waals surface area contributed by atoms with E-state index in [1.165, 1.54) is 30.7 Å². The van der Waals surface area contributed by atoms with Crippen molar-refractivity contribution in [1.29, 1.82) is 0 Å². The quantitative estimate of drug-likeness (QED) is 0.228. The Morgan fingerprint density at radius 2 is 1.76 bits per heavy atom. The van der Waals surface area contributed by atoms with Gasteiger partial charge in [0.1, 0.15) is 0 Å². The molecule has 1 N–H and O–H groups in total. The van der Waals surface area contributed by atoms with Gasteiger partial charge in [-0.3, -0.25) is 4.79 Å². The fourth-order valence-corrected chi connectivity index (χ4v) is 9.37. The van der Waals surface area contributed by atoms with E-state index in [0.717, 1.165) is 11.1 Å². The van der Waals surface area contributed by atoms with E-state index in [4.69, 9.17) is 41.5 Å². The summed E-state index contributed by atoms with van der Waals surface area (Å²) in [6, 6.07) is 6.07. The first kappa shape index (κ1) is 29.0. The minimum atomic E-state index is -1.58. The number of rotatable bonds is 5. The smallest absolute Gasteiger partial charge is 0.379 e. The standard InChI is InChI=1S/C32H32Cl2O8/c1-18-14-22-21-9-8-19-15-20(35)10-11-29(19,2)31(21,34)25(36)16-30(22,3)32(18,42-28(38)24-7-5-13-40-24)26(17-33)41-27(37)23-6-4-12-39-23/h4-7,10-13,15,17-18,21-22,25,36H,8-9,14,16H2,1-3H3/b26-17-. The number of carbonyl (C=O) groups is 3. The number of esters is 2. The second-order valence-electron chi connectivity index (χ2n) is 12.3. The van der Waals surface area contributed by atoms with E-state index in [2.05, 4.69) is 0 Å². The number of carbonyl (C=O) groups excluding carboxylic acids is 3. The molecule has 2 aromatic heterocycles. The molecule has 0 saturated heterocycles. The molecule has 0 radical (unpaired) electrons. The molecule has 3 saturated carbocycles. The molecule has 0 aromatic carbocycles. The van der Waals surface area contributed by atoms with Gasteiger partial charge in [-0.1, -0.05) is 44.0 Å². The average molecular weight is 616 g/mol. The molecule has 0 bridgehead atoms. The van der Waals surface area contributed by atoms with E-state index >= 15 is 0 Å². The summed E-state index contributed by atoms with van der Waals surface area (Å²) in [5, 5.41) is 12.1. The highest BCUT2D eigenvalue weighted by atomic mass is 35.5. The third kappa shape index (κ3) is 3.81. The molecule has 0 amide bonds. The molecule has 0 aliphatic heterocycles. The lowest BCUT2D eigenvalue weighted by Gasteiger charge is -2.64. The first-order valence-electron chi connectivity index (χ1n) is 14.1. The van der Waals surface area contributed by atoms with Gasteiger partial charge >= 0.3 is 11.9 Å². The Hall–Kier alpha value is -3.07. The minimum Gasteiger partial charge on any atom is -0.457 e. The van der Waals surface area contributed by atoms with Crippen LogP contribution in [0.25, 0.3) is 0 Å². The number of allylic oxidation sites excluding steroid dienone is 4. The zero-order valence-electron chi connectivity index (χ0n) is 23.5. The number of ketones is 1. The lowest BCUT2D eigenvalue weighted by molar-refractivity contribution is -0.161. The maximum atomic E-state index is 13.6. The lowest BCUT2D eigenvalue weighted by Crippen LogP contribution is -2.68. The molecule has 10 heteroatoms. The molecule has 8 nitrogen and oxygen atoms in total. The number of halogens is 2. The highest BCUT2D eigenvalue weighted by Crippen LogP contribution is 2.73. The molecule has 6 rings (SSSR count). The van der Waals surface area contributed by atoms with Gasteiger partial charge in [-0.25, -0.2) is 9.59 Å².